The highest BCUT2D eigenvalue weighted by molar-refractivity contribution is 9.10. The number of pyridine rings is 1. The zero-order valence-electron chi connectivity index (χ0n) is 11.0. The molecule has 0 saturated heterocycles. The highest BCUT2D eigenvalue weighted by Gasteiger charge is 2.12. The molecule has 3 N–H and O–H groups in total. The molecule has 0 radical (unpaired) electrons. The van der Waals surface area contributed by atoms with Gasteiger partial charge < -0.3 is 10.5 Å². The third-order valence-electron chi connectivity index (χ3n) is 3.04. The molecule has 0 bridgehead atoms. The molecule has 0 fully saturated rings. The molecule has 4 nitrogen and oxygen atoms in total. The van der Waals surface area contributed by atoms with Crippen molar-refractivity contribution in [2.24, 2.45) is 5.73 Å². The van der Waals surface area contributed by atoms with Crippen molar-refractivity contribution in [3.05, 3.63) is 64.8 Å². The molecule has 21 heavy (non-hydrogen) atoms. The van der Waals surface area contributed by atoms with Crippen molar-refractivity contribution in [3.63, 3.8) is 0 Å². The molecule has 3 aromatic rings. The van der Waals surface area contributed by atoms with E-state index in [9.17, 15) is 0 Å². The number of halogens is 1. The normalized spacial score (nSPS) is 10.5. The average molecular weight is 342 g/mol. The summed E-state index contributed by atoms with van der Waals surface area (Å²) in [5, 5.41) is 8.66. The Bertz CT molecular complexity index is 833. The molecule has 1 heterocycles. The number of nitrogens with one attached hydrogen (secondary N) is 1. The zero-order valence-corrected chi connectivity index (χ0v) is 12.6. The van der Waals surface area contributed by atoms with E-state index in [1.54, 1.807) is 12.3 Å². The molecule has 0 atom stereocenters. The fourth-order valence-corrected chi connectivity index (χ4v) is 2.65. The van der Waals surface area contributed by atoms with Crippen molar-refractivity contribution < 1.29 is 4.74 Å². The first kappa shape index (κ1) is 13.6. The van der Waals surface area contributed by atoms with Crippen LogP contribution in [-0.2, 0) is 0 Å². The summed E-state index contributed by atoms with van der Waals surface area (Å²) in [6.45, 7) is 0. The van der Waals surface area contributed by atoms with E-state index in [0.29, 0.717) is 17.1 Å². The second-order valence-electron chi connectivity index (χ2n) is 4.49. The highest BCUT2D eigenvalue weighted by atomic mass is 79.9. The van der Waals surface area contributed by atoms with Crippen molar-refractivity contribution in [2.45, 2.75) is 0 Å². The molecular weight excluding hydrogens is 330 g/mol. The van der Waals surface area contributed by atoms with Crippen molar-refractivity contribution in [1.29, 1.82) is 5.41 Å². The van der Waals surface area contributed by atoms with Crippen LogP contribution in [0.15, 0.2) is 59.2 Å². The van der Waals surface area contributed by atoms with Gasteiger partial charge in [-0.1, -0.05) is 24.3 Å². The van der Waals surface area contributed by atoms with E-state index in [4.69, 9.17) is 15.9 Å². The van der Waals surface area contributed by atoms with Gasteiger partial charge in [-0.2, -0.15) is 0 Å². The van der Waals surface area contributed by atoms with Gasteiger partial charge in [0.05, 0.1) is 17.3 Å². The molecule has 0 aliphatic heterocycles. The number of aromatic nitrogens is 1. The second kappa shape index (κ2) is 5.54. The number of para-hydroxylation sites is 1. The predicted octanol–water partition coefficient (Wildman–Crippen LogP) is 4.07. The Morgan fingerprint density at radius 2 is 1.95 bits per heavy atom. The number of nitrogens with two attached hydrogens (primary N) is 1. The monoisotopic (exact) mass is 341 g/mol. The van der Waals surface area contributed by atoms with E-state index in [1.807, 2.05) is 42.5 Å². The molecule has 5 heteroatoms. The summed E-state index contributed by atoms with van der Waals surface area (Å²) in [6, 6.07) is 15.2. The number of rotatable bonds is 3. The summed E-state index contributed by atoms with van der Waals surface area (Å²) in [4.78, 5) is 4.35. The summed E-state index contributed by atoms with van der Waals surface area (Å²) >= 11 is 3.38. The van der Waals surface area contributed by atoms with Crippen LogP contribution in [-0.4, -0.2) is 10.8 Å². The van der Waals surface area contributed by atoms with E-state index in [0.717, 1.165) is 15.4 Å². The van der Waals surface area contributed by atoms with Gasteiger partial charge in [0.2, 0.25) is 0 Å². The Balaban J connectivity index is 2.02. The number of amidine groups is 1. The van der Waals surface area contributed by atoms with Crippen LogP contribution in [0.5, 0.6) is 11.5 Å². The van der Waals surface area contributed by atoms with Gasteiger partial charge in [0, 0.05) is 9.86 Å². The summed E-state index contributed by atoms with van der Waals surface area (Å²) in [7, 11) is 0. The average Bonchev–Trinajstić information content (AvgIpc) is 2.47. The van der Waals surface area contributed by atoms with Gasteiger partial charge >= 0.3 is 0 Å². The maximum atomic E-state index is 7.67. The maximum absolute atomic E-state index is 7.67. The van der Waals surface area contributed by atoms with E-state index in [-0.39, 0.29) is 5.84 Å². The van der Waals surface area contributed by atoms with Crippen LogP contribution in [0.1, 0.15) is 5.56 Å². The molecule has 0 spiro atoms. The fraction of sp³-hybridized carbons (Fsp3) is 0. The first-order valence-corrected chi connectivity index (χ1v) is 7.10. The Kier molecular flexibility index (Phi) is 3.58. The van der Waals surface area contributed by atoms with Gasteiger partial charge in [-0.3, -0.25) is 10.4 Å². The quantitative estimate of drug-likeness (QED) is 0.557. The molecule has 0 aliphatic rings. The first-order chi connectivity index (χ1) is 10.1. The lowest BCUT2D eigenvalue weighted by Gasteiger charge is -2.12. The fourth-order valence-electron chi connectivity index (χ4n) is 2.08. The van der Waals surface area contributed by atoms with Gasteiger partial charge in [-0.25, -0.2) is 0 Å². The highest BCUT2D eigenvalue weighted by Crippen LogP contribution is 2.31. The second-order valence-corrected chi connectivity index (χ2v) is 5.35. The summed E-state index contributed by atoms with van der Waals surface area (Å²) in [6.07, 6.45) is 1.66. The van der Waals surface area contributed by atoms with Crippen LogP contribution in [0.3, 0.4) is 0 Å². The van der Waals surface area contributed by atoms with E-state index in [2.05, 4.69) is 20.9 Å². The minimum Gasteiger partial charge on any atom is -0.455 e. The van der Waals surface area contributed by atoms with E-state index in [1.165, 1.54) is 0 Å². The van der Waals surface area contributed by atoms with Gasteiger partial charge in [0.15, 0.2) is 0 Å². The van der Waals surface area contributed by atoms with Crippen molar-refractivity contribution in [3.8, 4) is 11.5 Å². The lowest BCUT2D eigenvalue weighted by Crippen LogP contribution is -2.13. The topological polar surface area (TPSA) is 72.0 Å². The maximum Gasteiger partial charge on any atom is 0.146 e. The molecule has 0 aliphatic carbocycles. The van der Waals surface area contributed by atoms with Gasteiger partial charge in [0.25, 0.3) is 0 Å². The Morgan fingerprint density at radius 1 is 1.14 bits per heavy atom. The van der Waals surface area contributed by atoms with Crippen LogP contribution >= 0.6 is 15.9 Å². The van der Waals surface area contributed by atoms with E-state index < -0.39 is 0 Å². The van der Waals surface area contributed by atoms with Crippen LogP contribution in [0.2, 0.25) is 0 Å². The lowest BCUT2D eigenvalue weighted by atomic mass is 10.2. The zero-order chi connectivity index (χ0) is 14.8. The minimum atomic E-state index is -0.0498. The Morgan fingerprint density at radius 3 is 2.76 bits per heavy atom. The molecule has 0 amide bonds. The number of fused-ring (bicyclic) bond motifs is 1. The summed E-state index contributed by atoms with van der Waals surface area (Å²) in [5.74, 6) is 1.08. The molecule has 0 saturated carbocycles. The number of hydrogen-bond acceptors (Lipinski definition) is 3. The third kappa shape index (κ3) is 2.73. The van der Waals surface area contributed by atoms with Gasteiger partial charge in [-0.15, -0.1) is 0 Å². The standard InChI is InChI=1S/C16H12BrN3O/c17-12-5-3-7-14(15(12)16(18)19)21-11-8-10-4-1-2-6-13(10)20-9-11/h1-9H,(H3,18,19). The summed E-state index contributed by atoms with van der Waals surface area (Å²) < 4.78 is 6.57. The Labute approximate surface area is 130 Å². The SMILES string of the molecule is N=C(N)c1c(Br)cccc1Oc1cnc2ccccc2c1. The molecular formula is C16H12BrN3O. The van der Waals surface area contributed by atoms with E-state index >= 15 is 0 Å². The smallest absolute Gasteiger partial charge is 0.146 e. The van der Waals surface area contributed by atoms with Crippen molar-refractivity contribution in [2.75, 3.05) is 0 Å². The van der Waals surface area contributed by atoms with Crippen LogP contribution in [0, 0.1) is 5.41 Å². The minimum absolute atomic E-state index is 0.0498. The molecule has 1 aromatic heterocycles. The largest absolute Gasteiger partial charge is 0.455 e. The molecule has 104 valence electrons. The number of benzene rings is 2. The Hall–Kier alpha value is -2.40. The third-order valence-corrected chi connectivity index (χ3v) is 3.70. The van der Waals surface area contributed by atoms with Gasteiger partial charge in [0.1, 0.15) is 17.3 Å². The van der Waals surface area contributed by atoms with Gasteiger partial charge in [-0.05, 0) is 40.2 Å². The molecule has 2 aromatic carbocycles. The van der Waals surface area contributed by atoms with Crippen molar-refractivity contribution in [1.82, 2.24) is 4.98 Å². The van der Waals surface area contributed by atoms with Crippen molar-refractivity contribution >= 4 is 32.7 Å². The van der Waals surface area contributed by atoms with Crippen LogP contribution < -0.4 is 10.5 Å². The number of hydrogen-bond donors (Lipinski definition) is 2. The molecule has 0 unspecified atom stereocenters. The summed E-state index contributed by atoms with van der Waals surface area (Å²) in [5.41, 5.74) is 7.06. The first-order valence-electron chi connectivity index (χ1n) is 6.31. The number of nitrogens with zero attached hydrogens (tertiary/aromatic N) is 1. The van der Waals surface area contributed by atoms with Crippen LogP contribution in [0.25, 0.3) is 10.9 Å². The van der Waals surface area contributed by atoms with Crippen LogP contribution in [0.4, 0.5) is 0 Å². The number of nitrogen functional groups attached to an aromatic ring is 1. The molecule has 3 rings (SSSR count). The lowest BCUT2D eigenvalue weighted by molar-refractivity contribution is 0.480. The number of ether oxygens (including phenoxy) is 1. The predicted molar refractivity (Wildman–Crippen MR) is 87.0 cm³/mol.